The lowest BCUT2D eigenvalue weighted by Crippen LogP contribution is -1.96. The van der Waals surface area contributed by atoms with Crippen LogP contribution in [0.5, 0.6) is 0 Å². The monoisotopic (exact) mass is 710 g/mol. The molecule has 0 aliphatic heterocycles. The fourth-order valence-electron chi connectivity index (χ4n) is 9.27. The molecular weight excluding hydrogens is 677 g/mol. The van der Waals surface area contributed by atoms with Gasteiger partial charge in [0.05, 0.1) is 22.1 Å². The summed E-state index contributed by atoms with van der Waals surface area (Å²) in [5.74, 6) is 0. The zero-order chi connectivity index (χ0) is 36.7. The van der Waals surface area contributed by atoms with E-state index < -0.39 is 0 Å². The van der Waals surface area contributed by atoms with Crippen LogP contribution in [0, 0.1) is 0 Å². The van der Waals surface area contributed by atoms with Gasteiger partial charge in [0.2, 0.25) is 0 Å². The van der Waals surface area contributed by atoms with Gasteiger partial charge < -0.3 is 9.13 Å². The van der Waals surface area contributed by atoms with Crippen LogP contribution in [0.2, 0.25) is 0 Å². The van der Waals surface area contributed by atoms with Gasteiger partial charge in [0.1, 0.15) is 0 Å². The van der Waals surface area contributed by atoms with E-state index in [4.69, 9.17) is 0 Å². The summed E-state index contributed by atoms with van der Waals surface area (Å²) in [7, 11) is 0. The molecule has 2 aromatic heterocycles. The zero-order valence-electron chi connectivity index (χ0n) is 30.5. The van der Waals surface area contributed by atoms with E-state index in [9.17, 15) is 0 Å². The van der Waals surface area contributed by atoms with Crippen molar-refractivity contribution < 1.29 is 0 Å². The molecular formula is C54H34N2. The van der Waals surface area contributed by atoms with E-state index in [0.717, 1.165) is 11.4 Å². The van der Waals surface area contributed by atoms with E-state index in [1.54, 1.807) is 0 Å². The summed E-state index contributed by atoms with van der Waals surface area (Å²) in [6.45, 7) is 0. The number of fused-ring (bicyclic) bond motifs is 10. The smallest absolute Gasteiger partial charge is 0.0562 e. The third-order valence-electron chi connectivity index (χ3n) is 11.9. The van der Waals surface area contributed by atoms with E-state index >= 15 is 0 Å². The quantitative estimate of drug-likeness (QED) is 0.172. The molecule has 0 N–H and O–H groups in total. The maximum atomic E-state index is 2.48. The predicted molar refractivity (Wildman–Crippen MR) is 239 cm³/mol. The maximum absolute atomic E-state index is 2.48. The highest BCUT2D eigenvalue weighted by atomic mass is 15.0. The summed E-state index contributed by atoms with van der Waals surface area (Å²) >= 11 is 0. The minimum atomic E-state index is 1.14. The Labute approximate surface area is 323 Å². The summed E-state index contributed by atoms with van der Waals surface area (Å²) in [5.41, 5.74) is 12.0. The normalized spacial score (nSPS) is 11.9. The van der Waals surface area contributed by atoms with Gasteiger partial charge in [-0.1, -0.05) is 152 Å². The van der Waals surface area contributed by atoms with Crippen molar-refractivity contribution in [3.8, 4) is 33.6 Å². The lowest BCUT2D eigenvalue weighted by atomic mass is 9.98. The maximum Gasteiger partial charge on any atom is 0.0562 e. The van der Waals surface area contributed by atoms with E-state index in [-0.39, 0.29) is 0 Å². The number of nitrogens with zero attached hydrogens (tertiary/aromatic N) is 2. The van der Waals surface area contributed by atoms with Gasteiger partial charge in [-0.2, -0.15) is 0 Å². The Bertz CT molecular complexity index is 3520. The minimum Gasteiger partial charge on any atom is -0.309 e. The minimum absolute atomic E-state index is 1.14. The molecule has 56 heavy (non-hydrogen) atoms. The van der Waals surface area contributed by atoms with E-state index in [1.165, 1.54) is 98.2 Å². The molecule has 0 bridgehead atoms. The Morgan fingerprint density at radius 2 is 0.857 bits per heavy atom. The fraction of sp³-hybridized carbons (Fsp3) is 0. The molecule has 260 valence electrons. The van der Waals surface area contributed by atoms with E-state index in [0.29, 0.717) is 0 Å². The largest absolute Gasteiger partial charge is 0.309 e. The average Bonchev–Trinajstić information content (AvgIpc) is 3.77. The lowest BCUT2D eigenvalue weighted by molar-refractivity contribution is 1.17. The molecule has 0 spiro atoms. The van der Waals surface area contributed by atoms with Gasteiger partial charge in [-0.05, 0) is 109 Å². The second-order valence-corrected chi connectivity index (χ2v) is 14.9. The molecule has 0 unspecified atom stereocenters. The SMILES string of the molecule is c1cc(-c2ccc3ccccc3c2)cc(-n2c3cc4c(cc3c3c5ccccc5ccc32)c2ccccc2n4-c2ccc(-c3cccc4ccccc34)cc2)c1. The molecule has 0 aliphatic carbocycles. The number of benzene rings is 10. The number of hydrogen-bond donors (Lipinski definition) is 0. The first-order chi connectivity index (χ1) is 27.8. The summed E-state index contributed by atoms with van der Waals surface area (Å²) in [5, 5.41) is 12.6. The first kappa shape index (κ1) is 31.0. The Kier molecular flexibility index (Phi) is 6.66. The van der Waals surface area contributed by atoms with Gasteiger partial charge in [-0.25, -0.2) is 0 Å². The van der Waals surface area contributed by atoms with E-state index in [2.05, 4.69) is 215 Å². The predicted octanol–water partition coefficient (Wildman–Crippen LogP) is 14.7. The fourth-order valence-corrected chi connectivity index (χ4v) is 9.27. The zero-order valence-corrected chi connectivity index (χ0v) is 30.5. The third kappa shape index (κ3) is 4.63. The molecule has 0 fully saturated rings. The van der Waals surface area contributed by atoms with Crippen LogP contribution in [0.4, 0.5) is 0 Å². The summed E-state index contributed by atoms with van der Waals surface area (Å²) in [4.78, 5) is 0. The summed E-state index contributed by atoms with van der Waals surface area (Å²) < 4.78 is 4.93. The molecule has 12 aromatic rings. The van der Waals surface area contributed by atoms with Crippen molar-refractivity contribution in [2.45, 2.75) is 0 Å². The molecule has 12 rings (SSSR count). The van der Waals surface area contributed by atoms with Crippen LogP contribution in [0.15, 0.2) is 206 Å². The van der Waals surface area contributed by atoms with Gasteiger partial charge in [0.25, 0.3) is 0 Å². The van der Waals surface area contributed by atoms with Crippen molar-refractivity contribution in [2.75, 3.05) is 0 Å². The van der Waals surface area contributed by atoms with Crippen molar-refractivity contribution in [3.63, 3.8) is 0 Å². The molecule has 2 nitrogen and oxygen atoms in total. The Hall–Kier alpha value is -7.42. The van der Waals surface area contributed by atoms with Gasteiger partial charge in [-0.3, -0.25) is 0 Å². The molecule has 10 aromatic carbocycles. The van der Waals surface area contributed by atoms with Crippen LogP contribution in [0.25, 0.3) is 110 Å². The lowest BCUT2D eigenvalue weighted by Gasteiger charge is -2.13. The molecule has 2 heteroatoms. The Morgan fingerprint density at radius 1 is 0.250 bits per heavy atom. The first-order valence-corrected chi connectivity index (χ1v) is 19.3. The topological polar surface area (TPSA) is 9.86 Å². The highest BCUT2D eigenvalue weighted by Gasteiger charge is 2.20. The summed E-state index contributed by atoms with van der Waals surface area (Å²) in [6.07, 6.45) is 0. The van der Waals surface area contributed by atoms with Crippen LogP contribution in [-0.4, -0.2) is 9.13 Å². The highest BCUT2D eigenvalue weighted by molar-refractivity contribution is 6.25. The first-order valence-electron chi connectivity index (χ1n) is 19.3. The molecule has 0 saturated heterocycles. The number of para-hydroxylation sites is 1. The third-order valence-corrected chi connectivity index (χ3v) is 11.9. The van der Waals surface area contributed by atoms with Crippen LogP contribution in [-0.2, 0) is 0 Å². The van der Waals surface area contributed by atoms with Crippen molar-refractivity contribution in [1.82, 2.24) is 9.13 Å². The molecule has 0 atom stereocenters. The summed E-state index contributed by atoms with van der Waals surface area (Å²) in [6, 6.07) is 75.9. The molecule has 0 aliphatic rings. The van der Waals surface area contributed by atoms with Crippen molar-refractivity contribution in [1.29, 1.82) is 0 Å². The second-order valence-electron chi connectivity index (χ2n) is 14.9. The van der Waals surface area contributed by atoms with Gasteiger partial charge in [0, 0.05) is 32.9 Å². The van der Waals surface area contributed by atoms with Crippen molar-refractivity contribution in [3.05, 3.63) is 206 Å². The van der Waals surface area contributed by atoms with Gasteiger partial charge in [0.15, 0.2) is 0 Å². The Balaban J connectivity index is 1.12. The second kappa shape index (κ2) is 12.0. The molecule has 0 saturated carbocycles. The van der Waals surface area contributed by atoms with Gasteiger partial charge >= 0.3 is 0 Å². The van der Waals surface area contributed by atoms with Crippen LogP contribution >= 0.6 is 0 Å². The highest BCUT2D eigenvalue weighted by Crippen LogP contribution is 2.42. The van der Waals surface area contributed by atoms with Crippen LogP contribution in [0.3, 0.4) is 0 Å². The molecule has 2 heterocycles. The number of hydrogen-bond acceptors (Lipinski definition) is 0. The van der Waals surface area contributed by atoms with Crippen molar-refractivity contribution in [2.24, 2.45) is 0 Å². The molecule has 0 radical (unpaired) electrons. The molecule has 0 amide bonds. The van der Waals surface area contributed by atoms with Crippen molar-refractivity contribution >= 4 is 75.9 Å². The standard InChI is InChI=1S/C54H34N2/c1-2-14-39-31-41(24-23-35(39)11-1)40-16-9-17-43(32-40)56-51-30-27-37-13-4-6-19-46(37)54(51)49-33-48-47-20-7-8-22-50(47)55(52(48)34-53(49)56)42-28-25-38(26-29-42)45-21-10-15-36-12-3-5-18-44(36)45/h1-34H. The Morgan fingerprint density at radius 3 is 1.71 bits per heavy atom. The average molecular weight is 711 g/mol. The van der Waals surface area contributed by atoms with Crippen LogP contribution in [0.1, 0.15) is 0 Å². The number of aromatic nitrogens is 2. The number of rotatable bonds is 4. The van der Waals surface area contributed by atoms with Crippen LogP contribution < -0.4 is 0 Å². The van der Waals surface area contributed by atoms with Gasteiger partial charge in [-0.15, -0.1) is 0 Å². The van der Waals surface area contributed by atoms with E-state index in [1.807, 2.05) is 0 Å².